The first-order valence-corrected chi connectivity index (χ1v) is 5.75. The van der Waals surface area contributed by atoms with E-state index in [2.05, 4.69) is 6.08 Å². The minimum absolute atomic E-state index is 0.0140. The number of ether oxygens (including phenoxy) is 1. The number of hydrogen-bond donors (Lipinski definition) is 0. The van der Waals surface area contributed by atoms with Crippen LogP contribution in [0.1, 0.15) is 38.5 Å². The van der Waals surface area contributed by atoms with Crippen molar-refractivity contribution >= 4 is 5.97 Å². The van der Waals surface area contributed by atoms with Crippen LogP contribution in [0.5, 0.6) is 0 Å². The van der Waals surface area contributed by atoms with Gasteiger partial charge in [0.25, 0.3) is 0 Å². The smallest absolute Gasteiger partial charge is 0.311 e. The Labute approximate surface area is 84.3 Å². The van der Waals surface area contributed by atoms with Gasteiger partial charge in [0, 0.05) is 5.92 Å². The first-order chi connectivity index (χ1) is 6.83. The normalized spacial score (nSPS) is 41.0. The van der Waals surface area contributed by atoms with Gasteiger partial charge >= 0.3 is 5.97 Å². The largest absolute Gasteiger partial charge is 0.431 e. The summed E-state index contributed by atoms with van der Waals surface area (Å²) in [5, 5.41) is 0. The van der Waals surface area contributed by atoms with Gasteiger partial charge in [0.15, 0.2) is 0 Å². The topological polar surface area (TPSA) is 26.3 Å². The van der Waals surface area contributed by atoms with Crippen LogP contribution in [0.2, 0.25) is 0 Å². The fourth-order valence-corrected chi connectivity index (χ4v) is 3.25. The number of carbonyl (C=O) groups is 1. The van der Waals surface area contributed by atoms with Gasteiger partial charge in [0.2, 0.25) is 0 Å². The zero-order valence-electron chi connectivity index (χ0n) is 8.37. The van der Waals surface area contributed by atoms with E-state index in [4.69, 9.17) is 4.74 Å². The Morgan fingerprint density at radius 2 is 2.14 bits per heavy atom. The third kappa shape index (κ3) is 1.28. The molecular weight excluding hydrogens is 176 g/mol. The first kappa shape index (κ1) is 8.51. The van der Waals surface area contributed by atoms with Crippen LogP contribution in [0.3, 0.4) is 0 Å². The molecule has 0 bridgehead atoms. The first-order valence-electron chi connectivity index (χ1n) is 5.75. The molecule has 0 radical (unpaired) electrons. The molecule has 0 aromatic carbocycles. The van der Waals surface area contributed by atoms with Crippen molar-refractivity contribution in [2.75, 3.05) is 0 Å². The van der Waals surface area contributed by atoms with Crippen molar-refractivity contribution in [2.24, 2.45) is 17.8 Å². The molecule has 0 amide bonds. The number of allylic oxidation sites excluding steroid dienone is 2. The van der Waals surface area contributed by atoms with E-state index in [9.17, 15) is 4.79 Å². The fourth-order valence-electron chi connectivity index (χ4n) is 3.25. The van der Waals surface area contributed by atoms with Gasteiger partial charge in [-0.1, -0.05) is 12.8 Å². The van der Waals surface area contributed by atoms with E-state index in [1.54, 1.807) is 0 Å². The minimum atomic E-state index is -0.0140. The van der Waals surface area contributed by atoms with E-state index in [1.807, 2.05) is 0 Å². The van der Waals surface area contributed by atoms with Crippen molar-refractivity contribution in [3.63, 3.8) is 0 Å². The van der Waals surface area contributed by atoms with Crippen molar-refractivity contribution in [3.8, 4) is 0 Å². The van der Waals surface area contributed by atoms with Crippen molar-refractivity contribution in [1.29, 1.82) is 0 Å². The van der Waals surface area contributed by atoms with Crippen LogP contribution in [0.25, 0.3) is 0 Å². The van der Waals surface area contributed by atoms with Crippen LogP contribution in [0.15, 0.2) is 11.8 Å². The zero-order chi connectivity index (χ0) is 9.54. The number of rotatable bonds is 0. The van der Waals surface area contributed by atoms with Crippen molar-refractivity contribution in [1.82, 2.24) is 0 Å². The summed E-state index contributed by atoms with van der Waals surface area (Å²) in [5.41, 5.74) is 0. The van der Waals surface area contributed by atoms with Crippen LogP contribution < -0.4 is 0 Å². The van der Waals surface area contributed by atoms with E-state index < -0.39 is 0 Å². The number of hydrogen-bond acceptors (Lipinski definition) is 2. The Bertz CT molecular complexity index is 293. The van der Waals surface area contributed by atoms with Crippen molar-refractivity contribution in [3.05, 3.63) is 11.8 Å². The van der Waals surface area contributed by atoms with E-state index in [-0.39, 0.29) is 5.97 Å². The Kier molecular flexibility index (Phi) is 1.89. The van der Waals surface area contributed by atoms with Crippen molar-refractivity contribution < 1.29 is 9.53 Å². The lowest BCUT2D eigenvalue weighted by Gasteiger charge is -2.34. The zero-order valence-corrected chi connectivity index (χ0v) is 8.37. The summed E-state index contributed by atoms with van der Waals surface area (Å²) in [5.74, 6) is 2.97. The van der Waals surface area contributed by atoms with E-state index in [0.717, 1.165) is 11.7 Å². The highest BCUT2D eigenvalue weighted by molar-refractivity contribution is 5.74. The van der Waals surface area contributed by atoms with Crippen LogP contribution in [-0.2, 0) is 9.53 Å². The van der Waals surface area contributed by atoms with Crippen LogP contribution in [-0.4, -0.2) is 5.97 Å². The van der Waals surface area contributed by atoms with Gasteiger partial charge < -0.3 is 4.74 Å². The standard InChI is InChI=1S/C12H16O2/c13-12-7-10-5-8-3-1-2-4-9(8)6-11(10)14-12/h6,8-10H,1-5,7H2. The lowest BCUT2D eigenvalue weighted by atomic mass is 9.70. The molecule has 76 valence electrons. The van der Waals surface area contributed by atoms with Gasteiger partial charge in [-0.05, 0) is 37.2 Å². The molecule has 3 aliphatic rings. The fraction of sp³-hybridized carbons (Fsp3) is 0.750. The van der Waals surface area contributed by atoms with Gasteiger partial charge in [-0.25, -0.2) is 0 Å². The van der Waals surface area contributed by atoms with Crippen LogP contribution in [0, 0.1) is 17.8 Å². The predicted molar refractivity (Wildman–Crippen MR) is 52.3 cm³/mol. The molecule has 1 saturated heterocycles. The number of carbonyl (C=O) groups excluding carboxylic acids is 1. The third-order valence-corrected chi connectivity index (χ3v) is 3.98. The molecule has 14 heavy (non-hydrogen) atoms. The van der Waals surface area contributed by atoms with Gasteiger partial charge in [0.05, 0.1) is 6.42 Å². The van der Waals surface area contributed by atoms with E-state index >= 15 is 0 Å². The molecule has 0 aromatic heterocycles. The Morgan fingerprint density at radius 3 is 3.07 bits per heavy atom. The van der Waals surface area contributed by atoms with Crippen LogP contribution in [0.4, 0.5) is 0 Å². The molecule has 2 aliphatic carbocycles. The quantitative estimate of drug-likeness (QED) is 0.551. The highest BCUT2D eigenvalue weighted by Crippen LogP contribution is 2.45. The molecule has 3 rings (SSSR count). The Balaban J connectivity index is 1.84. The van der Waals surface area contributed by atoms with Gasteiger partial charge in [-0.15, -0.1) is 0 Å². The molecule has 1 aliphatic heterocycles. The highest BCUT2D eigenvalue weighted by Gasteiger charge is 2.39. The highest BCUT2D eigenvalue weighted by atomic mass is 16.5. The van der Waals surface area contributed by atoms with E-state index in [0.29, 0.717) is 18.3 Å². The summed E-state index contributed by atoms with van der Waals surface area (Å²) in [7, 11) is 0. The molecule has 3 atom stereocenters. The molecule has 2 fully saturated rings. The molecule has 0 spiro atoms. The lowest BCUT2D eigenvalue weighted by molar-refractivity contribution is -0.135. The summed E-state index contributed by atoms with van der Waals surface area (Å²) < 4.78 is 5.24. The second-order valence-electron chi connectivity index (χ2n) is 4.89. The van der Waals surface area contributed by atoms with Gasteiger partial charge in [-0.3, -0.25) is 4.79 Å². The SMILES string of the molecule is O=C1CC2CC3CCCCC3C=C2O1. The summed E-state index contributed by atoms with van der Waals surface area (Å²) in [6, 6.07) is 0. The second-order valence-corrected chi connectivity index (χ2v) is 4.89. The van der Waals surface area contributed by atoms with Gasteiger partial charge in [-0.2, -0.15) is 0 Å². The molecule has 2 heteroatoms. The molecular formula is C12H16O2. The molecule has 1 saturated carbocycles. The Hall–Kier alpha value is -0.790. The summed E-state index contributed by atoms with van der Waals surface area (Å²) in [6.45, 7) is 0. The van der Waals surface area contributed by atoms with Crippen LogP contribution >= 0.6 is 0 Å². The predicted octanol–water partition coefficient (Wildman–Crippen LogP) is 2.64. The molecule has 1 heterocycles. The monoisotopic (exact) mass is 192 g/mol. The third-order valence-electron chi connectivity index (χ3n) is 3.98. The summed E-state index contributed by atoms with van der Waals surface area (Å²) in [6.07, 6.45) is 9.48. The lowest BCUT2D eigenvalue weighted by Crippen LogP contribution is -2.25. The molecule has 0 N–H and O–H groups in total. The van der Waals surface area contributed by atoms with E-state index in [1.165, 1.54) is 32.1 Å². The maximum atomic E-state index is 11.2. The average Bonchev–Trinajstić information content (AvgIpc) is 2.53. The second kappa shape index (κ2) is 3.11. The maximum Gasteiger partial charge on any atom is 0.311 e. The minimum Gasteiger partial charge on any atom is -0.431 e. The average molecular weight is 192 g/mol. The molecule has 0 aromatic rings. The van der Waals surface area contributed by atoms with Gasteiger partial charge in [0.1, 0.15) is 5.76 Å². The molecule has 2 nitrogen and oxygen atoms in total. The maximum absolute atomic E-state index is 11.2. The van der Waals surface area contributed by atoms with Crippen molar-refractivity contribution in [2.45, 2.75) is 38.5 Å². The number of fused-ring (bicyclic) bond motifs is 2. The summed E-state index contributed by atoms with van der Waals surface area (Å²) >= 11 is 0. The summed E-state index contributed by atoms with van der Waals surface area (Å²) in [4.78, 5) is 11.2. The number of esters is 1. The molecule has 3 unspecified atom stereocenters. The Morgan fingerprint density at radius 1 is 1.29 bits per heavy atom.